The van der Waals surface area contributed by atoms with Gasteiger partial charge in [-0.1, -0.05) is 18.5 Å². The minimum atomic E-state index is 0.688. The highest BCUT2D eigenvalue weighted by molar-refractivity contribution is 6.36. The van der Waals surface area contributed by atoms with Gasteiger partial charge in [-0.15, -0.1) is 0 Å². The molecule has 0 fully saturated rings. The molecule has 1 aromatic heterocycles. The first kappa shape index (κ1) is 13.0. The first-order chi connectivity index (χ1) is 8.63. The smallest absolute Gasteiger partial charge is 0.145 e. The lowest BCUT2D eigenvalue weighted by atomic mass is 10.0. The van der Waals surface area contributed by atoms with Gasteiger partial charge in [-0.3, -0.25) is 0 Å². The molecule has 0 atom stereocenters. The average Bonchev–Trinajstić information content (AvgIpc) is 2.39. The van der Waals surface area contributed by atoms with E-state index >= 15 is 0 Å². The summed E-state index contributed by atoms with van der Waals surface area (Å²) in [6.45, 7) is 4.16. The van der Waals surface area contributed by atoms with Crippen molar-refractivity contribution in [1.29, 1.82) is 0 Å². The van der Waals surface area contributed by atoms with E-state index in [0.29, 0.717) is 5.02 Å². The third kappa shape index (κ3) is 1.89. The van der Waals surface area contributed by atoms with Crippen molar-refractivity contribution < 1.29 is 4.74 Å². The zero-order valence-corrected chi connectivity index (χ0v) is 11.9. The van der Waals surface area contributed by atoms with Crippen molar-refractivity contribution in [2.24, 2.45) is 0 Å². The predicted molar refractivity (Wildman–Crippen MR) is 77.0 cm³/mol. The number of fused-ring (bicyclic) bond motifs is 1. The molecule has 0 aliphatic rings. The molecule has 0 unspecified atom stereocenters. The molecule has 2 aromatic rings. The second-order valence-electron chi connectivity index (χ2n) is 4.14. The van der Waals surface area contributed by atoms with Crippen molar-refractivity contribution in [2.75, 3.05) is 19.5 Å². The topological polar surface area (TPSA) is 34.1 Å². The number of aryl methyl sites for hydroxylation is 1. The number of anilines is 1. The molecule has 0 radical (unpaired) electrons. The van der Waals surface area contributed by atoms with E-state index in [1.54, 1.807) is 7.11 Å². The minimum absolute atomic E-state index is 0.688. The maximum Gasteiger partial charge on any atom is 0.145 e. The Labute approximate surface area is 112 Å². The number of halogens is 1. The number of benzene rings is 1. The van der Waals surface area contributed by atoms with Gasteiger partial charge in [0.25, 0.3) is 0 Å². The number of hydrogen-bond donors (Lipinski definition) is 1. The Hall–Kier alpha value is -1.48. The van der Waals surface area contributed by atoms with Crippen molar-refractivity contribution in [3.63, 3.8) is 0 Å². The van der Waals surface area contributed by atoms with Crippen LogP contribution in [0.1, 0.15) is 18.2 Å². The summed E-state index contributed by atoms with van der Waals surface area (Å²) in [5.74, 6) is 0.751. The molecular formula is C14H17ClN2O. The van der Waals surface area contributed by atoms with Crippen LogP contribution in [0.2, 0.25) is 5.02 Å². The maximum absolute atomic E-state index is 6.30. The Balaban J connectivity index is 2.95. The normalized spacial score (nSPS) is 10.7. The third-order valence-corrected chi connectivity index (χ3v) is 3.51. The van der Waals surface area contributed by atoms with Crippen LogP contribution in [0.25, 0.3) is 10.9 Å². The molecule has 0 aliphatic heterocycles. The lowest BCUT2D eigenvalue weighted by Gasteiger charge is -2.16. The Kier molecular flexibility index (Phi) is 3.62. The summed E-state index contributed by atoms with van der Waals surface area (Å²) in [7, 11) is 3.55. The van der Waals surface area contributed by atoms with Gasteiger partial charge in [0.15, 0.2) is 0 Å². The average molecular weight is 265 g/mol. The molecule has 3 nitrogen and oxygen atoms in total. The third-order valence-electron chi connectivity index (χ3n) is 3.20. The molecule has 0 saturated heterocycles. The highest BCUT2D eigenvalue weighted by Gasteiger charge is 2.15. The molecule has 0 bridgehead atoms. The number of pyridine rings is 1. The van der Waals surface area contributed by atoms with E-state index in [2.05, 4.69) is 24.1 Å². The Morgan fingerprint density at radius 3 is 2.67 bits per heavy atom. The summed E-state index contributed by atoms with van der Waals surface area (Å²) in [5.41, 5.74) is 4.05. The summed E-state index contributed by atoms with van der Waals surface area (Å²) in [5, 5.41) is 4.84. The Bertz CT molecular complexity index is 596. The molecule has 1 aromatic carbocycles. The molecule has 0 spiro atoms. The molecule has 1 N–H and O–H groups in total. The van der Waals surface area contributed by atoms with Crippen molar-refractivity contribution in [3.05, 3.63) is 28.4 Å². The van der Waals surface area contributed by atoms with Gasteiger partial charge in [-0.2, -0.15) is 0 Å². The van der Waals surface area contributed by atoms with E-state index in [1.165, 1.54) is 0 Å². The number of nitrogens with zero attached hydrogens (tertiary/aromatic N) is 1. The highest BCUT2D eigenvalue weighted by atomic mass is 35.5. The SMILES string of the molecule is CCc1nc2c(OC)ccc(Cl)c2c(NC)c1C. The van der Waals surface area contributed by atoms with Crippen LogP contribution in [0.15, 0.2) is 12.1 Å². The van der Waals surface area contributed by atoms with Gasteiger partial charge in [-0.05, 0) is 31.0 Å². The van der Waals surface area contributed by atoms with Crippen molar-refractivity contribution in [1.82, 2.24) is 4.98 Å². The fourth-order valence-corrected chi connectivity index (χ4v) is 2.52. The second kappa shape index (κ2) is 5.02. The van der Waals surface area contributed by atoms with Crippen LogP contribution in [0.4, 0.5) is 5.69 Å². The fraction of sp³-hybridized carbons (Fsp3) is 0.357. The second-order valence-corrected chi connectivity index (χ2v) is 4.54. The summed E-state index contributed by atoms with van der Waals surface area (Å²) in [6.07, 6.45) is 0.881. The fourth-order valence-electron chi connectivity index (χ4n) is 2.27. The van der Waals surface area contributed by atoms with Crippen LogP contribution in [0.3, 0.4) is 0 Å². The van der Waals surface area contributed by atoms with Crippen LogP contribution in [-0.4, -0.2) is 19.1 Å². The van der Waals surface area contributed by atoms with Crippen LogP contribution < -0.4 is 10.1 Å². The monoisotopic (exact) mass is 264 g/mol. The molecule has 4 heteroatoms. The molecule has 0 amide bonds. The largest absolute Gasteiger partial charge is 0.494 e. The van der Waals surface area contributed by atoms with Gasteiger partial charge in [-0.25, -0.2) is 4.98 Å². The number of rotatable bonds is 3. The highest BCUT2D eigenvalue weighted by Crippen LogP contribution is 2.37. The lowest BCUT2D eigenvalue weighted by molar-refractivity contribution is 0.419. The van der Waals surface area contributed by atoms with Gasteiger partial charge < -0.3 is 10.1 Å². The van der Waals surface area contributed by atoms with Gasteiger partial charge in [0, 0.05) is 23.8 Å². The van der Waals surface area contributed by atoms with E-state index in [4.69, 9.17) is 16.3 Å². The van der Waals surface area contributed by atoms with Gasteiger partial charge in [0.05, 0.1) is 12.1 Å². The first-order valence-electron chi connectivity index (χ1n) is 5.97. The number of ether oxygens (including phenoxy) is 1. The molecule has 1 heterocycles. The zero-order chi connectivity index (χ0) is 13.3. The first-order valence-corrected chi connectivity index (χ1v) is 6.35. The maximum atomic E-state index is 6.30. The van der Waals surface area contributed by atoms with Crippen molar-refractivity contribution in [3.8, 4) is 5.75 Å². The summed E-state index contributed by atoms with van der Waals surface area (Å²) in [6, 6.07) is 3.70. The van der Waals surface area contributed by atoms with Crippen molar-refractivity contribution >= 4 is 28.2 Å². The molecule has 96 valence electrons. The predicted octanol–water partition coefficient (Wildman–Crippen LogP) is 3.81. The van der Waals surface area contributed by atoms with E-state index < -0.39 is 0 Å². The Morgan fingerprint density at radius 2 is 2.11 bits per heavy atom. The zero-order valence-electron chi connectivity index (χ0n) is 11.1. The molecule has 0 saturated carbocycles. The van der Waals surface area contributed by atoms with Crippen LogP contribution in [-0.2, 0) is 6.42 Å². The summed E-state index contributed by atoms with van der Waals surface area (Å²) in [4.78, 5) is 4.68. The molecule has 0 aliphatic carbocycles. The minimum Gasteiger partial charge on any atom is -0.494 e. The van der Waals surface area contributed by atoms with Gasteiger partial charge in [0.2, 0.25) is 0 Å². The lowest BCUT2D eigenvalue weighted by Crippen LogP contribution is -2.02. The van der Waals surface area contributed by atoms with Crippen LogP contribution >= 0.6 is 11.6 Å². The quantitative estimate of drug-likeness (QED) is 0.915. The molecule has 2 rings (SSSR count). The van der Waals surface area contributed by atoms with E-state index in [-0.39, 0.29) is 0 Å². The van der Waals surface area contributed by atoms with E-state index in [1.807, 2.05) is 19.2 Å². The number of methoxy groups -OCH3 is 1. The standard InChI is InChI=1S/C14H17ClN2O/c1-5-10-8(2)13(16-3)12-9(15)6-7-11(18-4)14(12)17-10/h6-7H,5H2,1-4H3,(H,16,17). The van der Waals surface area contributed by atoms with Crippen molar-refractivity contribution in [2.45, 2.75) is 20.3 Å². The number of nitrogens with one attached hydrogen (secondary N) is 1. The number of hydrogen-bond acceptors (Lipinski definition) is 3. The number of aromatic nitrogens is 1. The van der Waals surface area contributed by atoms with E-state index in [0.717, 1.165) is 40.0 Å². The summed E-state index contributed by atoms with van der Waals surface area (Å²) >= 11 is 6.30. The summed E-state index contributed by atoms with van der Waals surface area (Å²) < 4.78 is 5.37. The Morgan fingerprint density at radius 1 is 1.39 bits per heavy atom. The van der Waals surface area contributed by atoms with E-state index in [9.17, 15) is 0 Å². The van der Waals surface area contributed by atoms with Crippen LogP contribution in [0, 0.1) is 6.92 Å². The van der Waals surface area contributed by atoms with Gasteiger partial charge >= 0.3 is 0 Å². The van der Waals surface area contributed by atoms with Crippen LogP contribution in [0.5, 0.6) is 5.75 Å². The van der Waals surface area contributed by atoms with Gasteiger partial charge in [0.1, 0.15) is 11.3 Å². The molecule has 18 heavy (non-hydrogen) atoms. The molecular weight excluding hydrogens is 248 g/mol.